The van der Waals surface area contributed by atoms with E-state index >= 15 is 0 Å². The highest BCUT2D eigenvalue weighted by molar-refractivity contribution is 6.31. The zero-order valence-electron chi connectivity index (χ0n) is 9.15. The maximum atomic E-state index is 6.06. The van der Waals surface area contributed by atoms with E-state index < -0.39 is 0 Å². The summed E-state index contributed by atoms with van der Waals surface area (Å²) in [6.07, 6.45) is 5.82. The molecule has 1 saturated heterocycles. The van der Waals surface area contributed by atoms with E-state index in [0.29, 0.717) is 17.1 Å². The first kappa shape index (κ1) is 10.7. The van der Waals surface area contributed by atoms with Crippen LogP contribution < -0.4 is 4.90 Å². The molecular formula is C11H16ClN3. The first-order chi connectivity index (χ1) is 7.18. The maximum absolute atomic E-state index is 6.06. The topological polar surface area (TPSA) is 29.0 Å². The molecule has 4 heteroatoms. The highest BCUT2D eigenvalue weighted by Gasteiger charge is 2.25. The van der Waals surface area contributed by atoms with Crippen LogP contribution in [0.5, 0.6) is 0 Å². The van der Waals surface area contributed by atoms with Crippen molar-refractivity contribution in [2.75, 3.05) is 11.4 Å². The second kappa shape index (κ2) is 4.35. The number of rotatable bonds is 1. The van der Waals surface area contributed by atoms with Crippen LogP contribution in [0.1, 0.15) is 26.7 Å². The highest BCUT2D eigenvalue weighted by Crippen LogP contribution is 2.29. The molecule has 0 radical (unpaired) electrons. The van der Waals surface area contributed by atoms with Gasteiger partial charge in [-0.15, -0.1) is 0 Å². The quantitative estimate of drug-likeness (QED) is 0.736. The predicted octanol–water partition coefficient (Wildman–Crippen LogP) is 2.75. The van der Waals surface area contributed by atoms with Crippen LogP contribution in [0.25, 0.3) is 0 Å². The smallest absolute Gasteiger partial charge is 0.171 e. The molecule has 1 aliphatic heterocycles. The van der Waals surface area contributed by atoms with Gasteiger partial charge < -0.3 is 4.90 Å². The van der Waals surface area contributed by atoms with Crippen molar-refractivity contribution in [3.63, 3.8) is 0 Å². The summed E-state index contributed by atoms with van der Waals surface area (Å²) in [5.41, 5.74) is 0. The van der Waals surface area contributed by atoms with Crippen LogP contribution in [0.15, 0.2) is 12.4 Å². The van der Waals surface area contributed by atoms with Crippen LogP contribution in [-0.2, 0) is 0 Å². The van der Waals surface area contributed by atoms with Gasteiger partial charge in [-0.05, 0) is 25.7 Å². The van der Waals surface area contributed by atoms with Gasteiger partial charge in [0.1, 0.15) is 0 Å². The largest absolute Gasteiger partial charge is 0.351 e. The molecule has 2 rings (SSSR count). The van der Waals surface area contributed by atoms with Crippen LogP contribution in [0.3, 0.4) is 0 Å². The number of aromatic nitrogens is 2. The summed E-state index contributed by atoms with van der Waals surface area (Å²) in [7, 11) is 0. The Morgan fingerprint density at radius 2 is 2.00 bits per heavy atom. The van der Waals surface area contributed by atoms with Crippen LogP contribution in [0.2, 0.25) is 5.15 Å². The third kappa shape index (κ3) is 2.23. The number of halogens is 1. The zero-order chi connectivity index (χ0) is 10.8. The van der Waals surface area contributed by atoms with E-state index in [1.807, 2.05) is 0 Å². The first-order valence-electron chi connectivity index (χ1n) is 5.41. The average Bonchev–Trinajstić information content (AvgIpc) is 2.23. The lowest BCUT2D eigenvalue weighted by molar-refractivity contribution is 0.388. The molecule has 15 heavy (non-hydrogen) atoms. The number of piperidine rings is 1. The number of hydrogen-bond donors (Lipinski definition) is 0. The summed E-state index contributed by atoms with van der Waals surface area (Å²) in [5.74, 6) is 1.54. The lowest BCUT2D eigenvalue weighted by Crippen LogP contribution is -2.41. The Kier molecular flexibility index (Phi) is 3.10. The molecule has 1 aromatic rings. The fourth-order valence-electron chi connectivity index (χ4n) is 2.09. The average molecular weight is 226 g/mol. The van der Waals surface area contributed by atoms with E-state index in [1.54, 1.807) is 12.4 Å². The van der Waals surface area contributed by atoms with Crippen LogP contribution in [0.4, 0.5) is 5.82 Å². The Morgan fingerprint density at radius 3 is 2.73 bits per heavy atom. The van der Waals surface area contributed by atoms with Crippen LogP contribution >= 0.6 is 11.6 Å². The van der Waals surface area contributed by atoms with E-state index in [2.05, 4.69) is 28.7 Å². The lowest BCUT2D eigenvalue weighted by atomic mass is 9.95. The molecule has 2 atom stereocenters. The van der Waals surface area contributed by atoms with Crippen molar-refractivity contribution < 1.29 is 0 Å². The lowest BCUT2D eigenvalue weighted by Gasteiger charge is -2.37. The molecule has 3 nitrogen and oxygen atoms in total. The van der Waals surface area contributed by atoms with E-state index in [9.17, 15) is 0 Å². The Balaban J connectivity index is 2.25. The standard InChI is InChI=1S/C11H16ClN3/c1-8-3-4-9(2)15(7-8)11-10(12)13-5-6-14-11/h5-6,8-9H,3-4,7H2,1-2H3. The molecule has 0 spiro atoms. The summed E-state index contributed by atoms with van der Waals surface area (Å²) in [4.78, 5) is 10.7. The van der Waals surface area contributed by atoms with E-state index in [4.69, 9.17) is 11.6 Å². The van der Waals surface area contributed by atoms with Crippen molar-refractivity contribution in [1.82, 2.24) is 9.97 Å². The Hall–Kier alpha value is -0.830. The molecular weight excluding hydrogens is 210 g/mol. The highest BCUT2D eigenvalue weighted by atomic mass is 35.5. The predicted molar refractivity (Wildman–Crippen MR) is 62.2 cm³/mol. The van der Waals surface area contributed by atoms with Gasteiger partial charge in [0, 0.05) is 25.0 Å². The Morgan fingerprint density at radius 1 is 1.27 bits per heavy atom. The molecule has 0 N–H and O–H groups in total. The number of anilines is 1. The number of nitrogens with zero attached hydrogens (tertiary/aromatic N) is 3. The Labute approximate surface area is 95.5 Å². The molecule has 2 heterocycles. The van der Waals surface area contributed by atoms with Crippen LogP contribution in [-0.4, -0.2) is 22.6 Å². The zero-order valence-corrected chi connectivity index (χ0v) is 9.91. The van der Waals surface area contributed by atoms with Crippen LogP contribution in [0, 0.1) is 5.92 Å². The maximum Gasteiger partial charge on any atom is 0.171 e. The van der Waals surface area contributed by atoms with E-state index in [0.717, 1.165) is 12.4 Å². The second-order valence-corrected chi connectivity index (χ2v) is 4.71. The normalized spacial score (nSPS) is 26.7. The van der Waals surface area contributed by atoms with E-state index in [-0.39, 0.29) is 0 Å². The summed E-state index contributed by atoms with van der Waals surface area (Å²) < 4.78 is 0. The fraction of sp³-hybridized carbons (Fsp3) is 0.636. The minimum atomic E-state index is 0.510. The van der Waals surface area contributed by atoms with Gasteiger partial charge in [0.2, 0.25) is 0 Å². The molecule has 1 aliphatic rings. The van der Waals surface area contributed by atoms with Gasteiger partial charge in [-0.25, -0.2) is 9.97 Å². The molecule has 1 fully saturated rings. The van der Waals surface area contributed by atoms with Crippen molar-refractivity contribution in [2.24, 2.45) is 5.92 Å². The van der Waals surface area contributed by atoms with Crippen molar-refractivity contribution in [3.8, 4) is 0 Å². The van der Waals surface area contributed by atoms with Crippen molar-refractivity contribution in [3.05, 3.63) is 17.5 Å². The third-order valence-electron chi connectivity index (χ3n) is 3.03. The molecule has 82 valence electrons. The van der Waals surface area contributed by atoms with Gasteiger partial charge in [-0.1, -0.05) is 18.5 Å². The molecule has 0 saturated carbocycles. The molecule has 0 aliphatic carbocycles. The van der Waals surface area contributed by atoms with Gasteiger partial charge >= 0.3 is 0 Å². The molecule has 0 amide bonds. The van der Waals surface area contributed by atoms with E-state index in [1.165, 1.54) is 12.8 Å². The molecule has 0 bridgehead atoms. The van der Waals surface area contributed by atoms with Gasteiger partial charge in [0.05, 0.1) is 0 Å². The first-order valence-corrected chi connectivity index (χ1v) is 5.79. The summed E-state index contributed by atoms with van der Waals surface area (Å²) in [5, 5.41) is 0.512. The summed E-state index contributed by atoms with van der Waals surface area (Å²) in [6.45, 7) is 5.51. The van der Waals surface area contributed by atoms with Crippen molar-refractivity contribution in [1.29, 1.82) is 0 Å². The molecule has 1 aromatic heterocycles. The fourth-order valence-corrected chi connectivity index (χ4v) is 2.30. The van der Waals surface area contributed by atoms with Gasteiger partial charge in [-0.2, -0.15) is 0 Å². The summed E-state index contributed by atoms with van der Waals surface area (Å²) >= 11 is 6.06. The minimum Gasteiger partial charge on any atom is -0.351 e. The number of hydrogen-bond acceptors (Lipinski definition) is 3. The van der Waals surface area contributed by atoms with Crippen molar-refractivity contribution in [2.45, 2.75) is 32.7 Å². The monoisotopic (exact) mass is 225 g/mol. The SMILES string of the molecule is CC1CCC(C)N(c2nccnc2Cl)C1. The molecule has 0 aromatic carbocycles. The Bertz CT molecular complexity index is 342. The third-order valence-corrected chi connectivity index (χ3v) is 3.29. The molecule has 2 unspecified atom stereocenters. The van der Waals surface area contributed by atoms with Gasteiger partial charge in [-0.3, -0.25) is 0 Å². The van der Waals surface area contributed by atoms with Crippen molar-refractivity contribution >= 4 is 17.4 Å². The van der Waals surface area contributed by atoms with Gasteiger partial charge in [0.15, 0.2) is 11.0 Å². The van der Waals surface area contributed by atoms with Gasteiger partial charge in [0.25, 0.3) is 0 Å². The second-order valence-electron chi connectivity index (χ2n) is 4.35. The minimum absolute atomic E-state index is 0.510. The summed E-state index contributed by atoms with van der Waals surface area (Å²) in [6, 6.07) is 0.510.